The summed E-state index contributed by atoms with van der Waals surface area (Å²) >= 11 is 6.45. The number of hydrogen-bond acceptors (Lipinski definition) is 6. The summed E-state index contributed by atoms with van der Waals surface area (Å²) in [7, 11) is -3.59. The molecule has 1 aliphatic rings. The first-order valence-electron chi connectivity index (χ1n) is 8.61. The van der Waals surface area contributed by atoms with Gasteiger partial charge in [0.1, 0.15) is 10.9 Å². The summed E-state index contributed by atoms with van der Waals surface area (Å²) < 4.78 is 36.7. The Bertz CT molecular complexity index is 1160. The summed E-state index contributed by atoms with van der Waals surface area (Å²) in [5.41, 5.74) is 4.67. The number of aromatic nitrogens is 1. The van der Waals surface area contributed by atoms with Crippen molar-refractivity contribution in [3.63, 3.8) is 0 Å². The number of sulfonamides is 1. The van der Waals surface area contributed by atoms with E-state index >= 15 is 0 Å². The SMILES string of the molecule is CCOc1ccc2cc([C@H]3C=C(c4ccco4)NN3S(C)(=O)=O)c(Cl)nc2c1. The minimum atomic E-state index is -3.59. The second kappa shape index (κ2) is 7.12. The lowest BCUT2D eigenvalue weighted by atomic mass is 10.1. The largest absolute Gasteiger partial charge is 0.494 e. The van der Waals surface area contributed by atoms with Crippen LogP contribution < -0.4 is 10.2 Å². The fourth-order valence-electron chi connectivity index (χ4n) is 3.13. The number of hydrazine groups is 1. The molecule has 1 aliphatic heterocycles. The zero-order chi connectivity index (χ0) is 19.9. The highest BCUT2D eigenvalue weighted by atomic mass is 35.5. The van der Waals surface area contributed by atoms with E-state index in [0.717, 1.165) is 16.1 Å². The van der Waals surface area contributed by atoms with Gasteiger partial charge in [-0.1, -0.05) is 11.6 Å². The highest BCUT2D eigenvalue weighted by molar-refractivity contribution is 7.88. The van der Waals surface area contributed by atoms with Crippen LogP contribution in [0.1, 0.15) is 24.3 Å². The van der Waals surface area contributed by atoms with Crippen LogP contribution in [0.4, 0.5) is 0 Å². The Morgan fingerprint density at radius 2 is 2.14 bits per heavy atom. The Labute approximate surface area is 167 Å². The number of nitrogens with zero attached hydrogens (tertiary/aromatic N) is 2. The minimum absolute atomic E-state index is 0.221. The maximum atomic E-state index is 12.3. The normalized spacial score (nSPS) is 17.5. The molecule has 0 fully saturated rings. The van der Waals surface area contributed by atoms with Gasteiger partial charge in [-0.3, -0.25) is 0 Å². The molecule has 0 radical (unpaired) electrons. The maximum absolute atomic E-state index is 12.3. The summed E-state index contributed by atoms with van der Waals surface area (Å²) in [5, 5.41) is 1.05. The monoisotopic (exact) mass is 419 g/mol. The second-order valence-corrected chi connectivity index (χ2v) is 8.55. The Balaban J connectivity index is 1.81. The average Bonchev–Trinajstić information content (AvgIpc) is 3.30. The highest BCUT2D eigenvalue weighted by Gasteiger charge is 2.35. The zero-order valence-electron chi connectivity index (χ0n) is 15.2. The van der Waals surface area contributed by atoms with Crippen LogP contribution in [-0.2, 0) is 10.0 Å². The lowest BCUT2D eigenvalue weighted by molar-refractivity contribution is 0.340. The highest BCUT2D eigenvalue weighted by Crippen LogP contribution is 2.37. The Morgan fingerprint density at radius 1 is 1.32 bits per heavy atom. The first kappa shape index (κ1) is 18.8. The molecule has 0 unspecified atom stereocenters. The molecular formula is C19H18ClN3O4S. The van der Waals surface area contributed by atoms with Crippen LogP contribution in [-0.4, -0.2) is 30.7 Å². The lowest BCUT2D eigenvalue weighted by Crippen LogP contribution is -2.38. The standard InChI is InChI=1S/C19H18ClN3O4S/c1-3-26-13-7-6-12-9-14(19(20)21-15(12)10-13)17-11-16(18-5-4-8-27-18)22-23(17)28(2,24)25/h4-11,17,22H,3H2,1-2H3/t17-/m1/s1. The molecule has 3 heterocycles. The molecule has 9 heteroatoms. The van der Waals surface area contributed by atoms with E-state index in [1.165, 1.54) is 6.26 Å². The minimum Gasteiger partial charge on any atom is -0.494 e. The van der Waals surface area contributed by atoms with Gasteiger partial charge in [-0.05, 0) is 43.3 Å². The molecule has 0 saturated carbocycles. The molecule has 0 amide bonds. The summed E-state index contributed by atoms with van der Waals surface area (Å²) in [6.45, 7) is 2.46. The van der Waals surface area contributed by atoms with Crippen molar-refractivity contribution in [2.24, 2.45) is 0 Å². The number of rotatable bonds is 5. The van der Waals surface area contributed by atoms with Crippen LogP contribution in [0, 0.1) is 0 Å². The number of benzene rings is 1. The van der Waals surface area contributed by atoms with Crippen molar-refractivity contribution in [3.8, 4) is 5.75 Å². The molecular weight excluding hydrogens is 402 g/mol. The molecule has 4 rings (SSSR count). The number of nitrogens with one attached hydrogen (secondary N) is 1. The smallest absolute Gasteiger partial charge is 0.228 e. The number of furan rings is 1. The van der Waals surface area contributed by atoms with Gasteiger partial charge in [-0.2, -0.15) is 0 Å². The summed E-state index contributed by atoms with van der Waals surface area (Å²) in [5.74, 6) is 1.23. The van der Waals surface area contributed by atoms with E-state index in [0.29, 0.717) is 34.9 Å². The van der Waals surface area contributed by atoms with E-state index in [2.05, 4.69) is 10.4 Å². The van der Waals surface area contributed by atoms with Gasteiger partial charge in [0.25, 0.3) is 0 Å². The van der Waals surface area contributed by atoms with E-state index in [4.69, 9.17) is 20.8 Å². The van der Waals surface area contributed by atoms with E-state index in [1.807, 2.05) is 25.1 Å². The van der Waals surface area contributed by atoms with Gasteiger partial charge in [0.2, 0.25) is 10.0 Å². The topological polar surface area (TPSA) is 84.7 Å². The number of hydrogen-bond donors (Lipinski definition) is 1. The molecule has 0 aliphatic carbocycles. The maximum Gasteiger partial charge on any atom is 0.228 e. The number of halogens is 1. The molecule has 28 heavy (non-hydrogen) atoms. The molecule has 7 nitrogen and oxygen atoms in total. The Kier molecular flexibility index (Phi) is 4.78. The Morgan fingerprint density at radius 3 is 2.82 bits per heavy atom. The number of ether oxygens (including phenoxy) is 1. The van der Waals surface area contributed by atoms with Crippen LogP contribution in [0.3, 0.4) is 0 Å². The van der Waals surface area contributed by atoms with Gasteiger partial charge in [-0.25, -0.2) is 13.4 Å². The van der Waals surface area contributed by atoms with E-state index in [-0.39, 0.29) is 5.15 Å². The predicted octanol–water partition coefficient (Wildman–Crippen LogP) is 3.74. The van der Waals surface area contributed by atoms with Crippen molar-refractivity contribution in [1.82, 2.24) is 14.8 Å². The van der Waals surface area contributed by atoms with Crippen LogP contribution in [0.25, 0.3) is 16.6 Å². The van der Waals surface area contributed by atoms with Crippen LogP contribution in [0.5, 0.6) is 5.75 Å². The third-order valence-corrected chi connectivity index (χ3v) is 5.69. The molecule has 1 N–H and O–H groups in total. The molecule has 1 atom stereocenters. The van der Waals surface area contributed by atoms with Gasteiger partial charge in [0.15, 0.2) is 5.76 Å². The van der Waals surface area contributed by atoms with Gasteiger partial charge >= 0.3 is 0 Å². The van der Waals surface area contributed by atoms with Crippen molar-refractivity contribution in [3.05, 3.63) is 65.2 Å². The van der Waals surface area contributed by atoms with E-state index < -0.39 is 16.1 Å². The van der Waals surface area contributed by atoms with Crippen LogP contribution in [0.2, 0.25) is 5.15 Å². The quantitative estimate of drug-likeness (QED) is 0.634. The Hall–Kier alpha value is -2.55. The fraction of sp³-hybridized carbons (Fsp3) is 0.211. The lowest BCUT2D eigenvalue weighted by Gasteiger charge is -2.23. The van der Waals surface area contributed by atoms with Crippen LogP contribution in [0.15, 0.2) is 53.2 Å². The third kappa shape index (κ3) is 3.46. The number of pyridine rings is 1. The molecule has 0 saturated heterocycles. The van der Waals surface area contributed by atoms with Gasteiger partial charge in [-0.15, -0.1) is 4.41 Å². The van der Waals surface area contributed by atoms with E-state index in [1.54, 1.807) is 24.3 Å². The van der Waals surface area contributed by atoms with Crippen LogP contribution >= 0.6 is 11.6 Å². The second-order valence-electron chi connectivity index (χ2n) is 6.33. The fourth-order valence-corrected chi connectivity index (χ4v) is 4.24. The molecule has 3 aromatic rings. The zero-order valence-corrected chi connectivity index (χ0v) is 16.8. The van der Waals surface area contributed by atoms with Crippen molar-refractivity contribution in [1.29, 1.82) is 0 Å². The molecule has 0 bridgehead atoms. The first-order valence-corrected chi connectivity index (χ1v) is 10.8. The van der Waals surface area contributed by atoms with Gasteiger partial charge < -0.3 is 14.6 Å². The molecule has 1 aromatic carbocycles. The summed E-state index contributed by atoms with van der Waals surface area (Å²) in [4.78, 5) is 4.45. The molecule has 146 valence electrons. The first-order chi connectivity index (χ1) is 13.4. The van der Waals surface area contributed by atoms with E-state index in [9.17, 15) is 8.42 Å². The van der Waals surface area contributed by atoms with Crippen molar-refractivity contribution in [2.75, 3.05) is 12.9 Å². The molecule has 0 spiro atoms. The third-order valence-electron chi connectivity index (χ3n) is 4.35. The summed E-state index contributed by atoms with van der Waals surface area (Å²) in [6, 6.07) is 10.2. The van der Waals surface area contributed by atoms with Crippen molar-refractivity contribution in [2.45, 2.75) is 13.0 Å². The van der Waals surface area contributed by atoms with Gasteiger partial charge in [0.05, 0.1) is 36.4 Å². The van der Waals surface area contributed by atoms with Crippen molar-refractivity contribution < 1.29 is 17.6 Å². The van der Waals surface area contributed by atoms with Crippen molar-refractivity contribution >= 4 is 38.2 Å². The molecule has 2 aromatic heterocycles. The summed E-state index contributed by atoms with van der Waals surface area (Å²) in [6.07, 6.45) is 4.41. The predicted molar refractivity (Wildman–Crippen MR) is 107 cm³/mol. The average molecular weight is 420 g/mol. The van der Waals surface area contributed by atoms with Gasteiger partial charge in [0, 0.05) is 17.0 Å². The number of fused-ring (bicyclic) bond motifs is 1.